The Hall–Kier alpha value is -1.70. The molecule has 0 spiro atoms. The monoisotopic (exact) mass is 221 g/mol. The van der Waals surface area contributed by atoms with Crippen LogP contribution in [0.5, 0.6) is 0 Å². The first-order chi connectivity index (χ1) is 7.60. The van der Waals surface area contributed by atoms with Crippen LogP contribution in [0.15, 0.2) is 0 Å². The molecule has 88 valence electrons. The van der Waals surface area contributed by atoms with E-state index in [4.69, 9.17) is 11.0 Å². The summed E-state index contributed by atoms with van der Waals surface area (Å²) in [5, 5.41) is 16.5. The molecule has 1 aromatic rings. The Morgan fingerprint density at radius 2 is 2.25 bits per heavy atom. The van der Waals surface area contributed by atoms with Crippen LogP contribution in [0.1, 0.15) is 32.8 Å². The predicted molar refractivity (Wildman–Crippen MR) is 65.0 cm³/mol. The molecule has 16 heavy (non-hydrogen) atoms. The van der Waals surface area contributed by atoms with Gasteiger partial charge in [0.25, 0.3) is 0 Å². The summed E-state index contributed by atoms with van der Waals surface area (Å²) in [5.74, 6) is 1.50. The van der Waals surface area contributed by atoms with Gasteiger partial charge in [-0.25, -0.2) is 4.68 Å². The molecule has 1 heterocycles. The van der Waals surface area contributed by atoms with Crippen molar-refractivity contribution < 1.29 is 0 Å². The van der Waals surface area contributed by atoms with Crippen LogP contribution in [0.2, 0.25) is 0 Å². The van der Waals surface area contributed by atoms with Gasteiger partial charge in [0.05, 0.1) is 0 Å². The van der Waals surface area contributed by atoms with E-state index in [1.165, 1.54) is 0 Å². The van der Waals surface area contributed by atoms with E-state index >= 15 is 0 Å². The summed E-state index contributed by atoms with van der Waals surface area (Å²) in [6.45, 7) is 7.77. The zero-order valence-electron chi connectivity index (χ0n) is 10.1. The lowest BCUT2D eigenvalue weighted by molar-refractivity contribution is 0.489. The third-order valence-electron chi connectivity index (χ3n) is 2.18. The largest absolute Gasteiger partial charge is 0.383 e. The maximum atomic E-state index is 9.02. The van der Waals surface area contributed by atoms with E-state index in [2.05, 4.69) is 37.3 Å². The number of rotatable bonds is 5. The highest BCUT2D eigenvalue weighted by molar-refractivity contribution is 5.63. The van der Waals surface area contributed by atoms with Crippen LogP contribution in [0.3, 0.4) is 0 Å². The van der Waals surface area contributed by atoms with Crippen LogP contribution in [0, 0.1) is 17.2 Å². The molecule has 0 unspecified atom stereocenters. The van der Waals surface area contributed by atoms with Gasteiger partial charge in [-0.15, -0.1) is 0 Å². The minimum absolute atomic E-state index is 0.452. The van der Waals surface area contributed by atoms with E-state index in [1.807, 2.05) is 0 Å². The van der Waals surface area contributed by atoms with E-state index in [-0.39, 0.29) is 0 Å². The molecule has 0 aromatic carbocycles. The molecule has 1 rings (SSSR count). The van der Waals surface area contributed by atoms with Gasteiger partial charge in [-0.3, -0.25) is 0 Å². The van der Waals surface area contributed by atoms with Crippen molar-refractivity contribution in [3.63, 3.8) is 0 Å². The fraction of sp³-hybridized carbons (Fsp3) is 0.636. The van der Waals surface area contributed by atoms with Crippen molar-refractivity contribution in [1.29, 1.82) is 5.26 Å². The average molecular weight is 221 g/mol. The van der Waals surface area contributed by atoms with Crippen LogP contribution in [0.4, 0.5) is 11.6 Å². The second-order valence-corrected chi connectivity index (χ2v) is 4.22. The van der Waals surface area contributed by atoms with Gasteiger partial charge in [0.1, 0.15) is 17.5 Å². The highest BCUT2D eigenvalue weighted by Crippen LogP contribution is 2.21. The highest BCUT2D eigenvalue weighted by Gasteiger charge is 2.15. The fourth-order valence-corrected chi connectivity index (χ4v) is 1.44. The number of hydrogen-bond acceptors (Lipinski definition) is 4. The van der Waals surface area contributed by atoms with E-state index in [1.54, 1.807) is 4.68 Å². The Morgan fingerprint density at radius 3 is 2.75 bits per heavy atom. The van der Waals surface area contributed by atoms with Crippen LogP contribution >= 0.6 is 0 Å². The Labute approximate surface area is 96.2 Å². The van der Waals surface area contributed by atoms with Gasteiger partial charge in [-0.2, -0.15) is 10.4 Å². The fourth-order valence-electron chi connectivity index (χ4n) is 1.44. The number of nitrogen functional groups attached to an aromatic ring is 1. The van der Waals surface area contributed by atoms with Crippen molar-refractivity contribution in [2.45, 2.75) is 33.7 Å². The summed E-state index contributed by atoms with van der Waals surface area (Å²) in [5.41, 5.74) is 6.33. The van der Waals surface area contributed by atoms with Crippen LogP contribution in [-0.2, 0) is 6.54 Å². The normalized spacial score (nSPS) is 10.4. The second kappa shape index (κ2) is 5.40. The predicted octanol–water partition coefficient (Wildman–Crippen LogP) is 1.81. The molecule has 0 atom stereocenters. The minimum Gasteiger partial charge on any atom is -0.383 e. The van der Waals surface area contributed by atoms with E-state index in [0.29, 0.717) is 23.1 Å². The van der Waals surface area contributed by atoms with Gasteiger partial charge in [0, 0.05) is 13.1 Å². The zero-order valence-corrected chi connectivity index (χ0v) is 10.1. The van der Waals surface area contributed by atoms with Gasteiger partial charge >= 0.3 is 0 Å². The molecule has 5 nitrogen and oxygen atoms in total. The van der Waals surface area contributed by atoms with Crippen molar-refractivity contribution in [3.05, 3.63) is 5.56 Å². The average Bonchev–Trinajstić information content (AvgIpc) is 2.51. The number of aromatic nitrogens is 2. The maximum Gasteiger partial charge on any atom is 0.168 e. The number of nitrogens with two attached hydrogens (primary N) is 1. The molecule has 0 saturated carbocycles. The molecule has 5 heteroatoms. The van der Waals surface area contributed by atoms with Crippen LogP contribution < -0.4 is 11.1 Å². The van der Waals surface area contributed by atoms with E-state index in [9.17, 15) is 0 Å². The Bertz CT molecular complexity index is 386. The number of nitrogens with zero attached hydrogens (tertiary/aromatic N) is 3. The Kier molecular flexibility index (Phi) is 4.18. The maximum absolute atomic E-state index is 9.02. The van der Waals surface area contributed by atoms with Crippen LogP contribution in [-0.4, -0.2) is 16.3 Å². The van der Waals surface area contributed by atoms with Gasteiger partial charge in [-0.05, 0) is 12.3 Å². The molecule has 0 amide bonds. The van der Waals surface area contributed by atoms with Gasteiger partial charge in [-0.1, -0.05) is 20.8 Å². The lowest BCUT2D eigenvalue weighted by Crippen LogP contribution is -2.09. The quantitative estimate of drug-likeness (QED) is 0.794. The number of nitrogens with one attached hydrogen (secondary N) is 1. The molecule has 0 fully saturated rings. The molecule has 0 bridgehead atoms. The highest BCUT2D eigenvalue weighted by atomic mass is 15.3. The first-order valence-corrected chi connectivity index (χ1v) is 5.60. The Balaban J connectivity index is 2.96. The molecule has 0 aliphatic rings. The summed E-state index contributed by atoms with van der Waals surface area (Å²) in [4.78, 5) is 0. The van der Waals surface area contributed by atoms with Gasteiger partial charge < -0.3 is 11.1 Å². The summed E-state index contributed by atoms with van der Waals surface area (Å²) in [6.07, 6.45) is 0.988. The van der Waals surface area contributed by atoms with Crippen molar-refractivity contribution >= 4 is 11.6 Å². The first kappa shape index (κ1) is 12.4. The molecular weight excluding hydrogens is 202 g/mol. The lowest BCUT2D eigenvalue weighted by Gasteiger charge is -2.06. The SMILES string of the molecule is CCCNc1nn(CC(C)C)c(N)c1C#N. The molecule has 3 N–H and O–H groups in total. The topological polar surface area (TPSA) is 79.7 Å². The summed E-state index contributed by atoms with van der Waals surface area (Å²) < 4.78 is 1.70. The molecular formula is C11H19N5. The lowest BCUT2D eigenvalue weighted by atomic mass is 10.2. The third kappa shape index (κ3) is 2.66. The van der Waals surface area contributed by atoms with E-state index < -0.39 is 0 Å². The van der Waals surface area contributed by atoms with Gasteiger partial charge in [0.2, 0.25) is 0 Å². The van der Waals surface area contributed by atoms with Crippen molar-refractivity contribution in [2.24, 2.45) is 5.92 Å². The van der Waals surface area contributed by atoms with E-state index in [0.717, 1.165) is 19.5 Å². The number of anilines is 2. The van der Waals surface area contributed by atoms with Gasteiger partial charge in [0.15, 0.2) is 5.82 Å². The third-order valence-corrected chi connectivity index (χ3v) is 2.18. The van der Waals surface area contributed by atoms with Crippen molar-refractivity contribution in [2.75, 3.05) is 17.6 Å². The van der Waals surface area contributed by atoms with Crippen molar-refractivity contribution in [3.8, 4) is 6.07 Å². The smallest absolute Gasteiger partial charge is 0.168 e. The zero-order chi connectivity index (χ0) is 12.1. The summed E-state index contributed by atoms with van der Waals surface area (Å²) >= 11 is 0. The number of hydrogen-bond donors (Lipinski definition) is 2. The minimum atomic E-state index is 0.452. The first-order valence-electron chi connectivity index (χ1n) is 5.60. The molecule has 0 aliphatic carbocycles. The molecule has 0 radical (unpaired) electrons. The number of nitriles is 1. The molecule has 0 aliphatic heterocycles. The standard InChI is InChI=1S/C11H19N5/c1-4-5-14-11-9(6-12)10(13)16(15-11)7-8(2)3/h8H,4-5,7,13H2,1-3H3,(H,14,15). The summed E-state index contributed by atoms with van der Waals surface area (Å²) in [6, 6.07) is 2.10. The van der Waals surface area contributed by atoms with Crippen LogP contribution in [0.25, 0.3) is 0 Å². The molecule has 1 aromatic heterocycles. The molecule has 0 saturated heterocycles. The second-order valence-electron chi connectivity index (χ2n) is 4.22. The van der Waals surface area contributed by atoms with Crippen molar-refractivity contribution in [1.82, 2.24) is 9.78 Å². The summed E-state index contributed by atoms with van der Waals surface area (Å²) in [7, 11) is 0. The Morgan fingerprint density at radius 1 is 1.56 bits per heavy atom.